The summed E-state index contributed by atoms with van der Waals surface area (Å²) in [6.45, 7) is 6.29. The second-order valence-corrected chi connectivity index (χ2v) is 11.1. The maximum Gasteiger partial charge on any atom is 0.250 e. The first kappa shape index (κ1) is 22.3. The van der Waals surface area contributed by atoms with E-state index in [4.69, 9.17) is 5.10 Å². The summed E-state index contributed by atoms with van der Waals surface area (Å²) in [6.07, 6.45) is 8.15. The Labute approximate surface area is 206 Å². The van der Waals surface area contributed by atoms with Crippen LogP contribution in [0.1, 0.15) is 76.5 Å². The van der Waals surface area contributed by atoms with Gasteiger partial charge in [-0.1, -0.05) is 38.0 Å². The summed E-state index contributed by atoms with van der Waals surface area (Å²) in [5, 5.41) is 20.4. The lowest BCUT2D eigenvalue weighted by molar-refractivity contribution is -0.120. The van der Waals surface area contributed by atoms with E-state index in [-0.39, 0.29) is 17.6 Å². The van der Waals surface area contributed by atoms with Gasteiger partial charge >= 0.3 is 0 Å². The molecule has 6 rings (SSSR count). The molecular formula is C28H34N6O. The predicted molar refractivity (Wildman–Crippen MR) is 136 cm³/mol. The van der Waals surface area contributed by atoms with Gasteiger partial charge in [-0.3, -0.25) is 9.48 Å². The minimum Gasteiger partial charge on any atom is -0.362 e. The van der Waals surface area contributed by atoms with Crippen molar-refractivity contribution in [2.45, 2.75) is 82.3 Å². The molecule has 35 heavy (non-hydrogen) atoms. The minimum atomic E-state index is -0.585. The van der Waals surface area contributed by atoms with Crippen LogP contribution in [0.3, 0.4) is 0 Å². The summed E-state index contributed by atoms with van der Waals surface area (Å²) < 4.78 is 2.01. The van der Waals surface area contributed by atoms with Gasteiger partial charge < -0.3 is 10.6 Å². The Balaban J connectivity index is 1.50. The zero-order chi connectivity index (χ0) is 24.4. The number of nitrogens with zero attached hydrogens (tertiary/aromatic N) is 4. The van der Waals surface area contributed by atoms with Gasteiger partial charge in [-0.25, -0.2) is 0 Å². The van der Waals surface area contributed by atoms with E-state index < -0.39 is 5.41 Å². The minimum absolute atomic E-state index is 0.00805. The van der Waals surface area contributed by atoms with Crippen molar-refractivity contribution in [3.05, 3.63) is 64.6 Å². The quantitative estimate of drug-likeness (QED) is 0.642. The van der Waals surface area contributed by atoms with Crippen LogP contribution in [0.25, 0.3) is 11.3 Å². The van der Waals surface area contributed by atoms with Crippen molar-refractivity contribution in [1.82, 2.24) is 20.4 Å². The summed E-state index contributed by atoms with van der Waals surface area (Å²) in [7, 11) is 2.03. The van der Waals surface area contributed by atoms with E-state index in [9.17, 15) is 4.79 Å². The number of amides is 1. The molecule has 0 saturated heterocycles. The highest BCUT2D eigenvalue weighted by atomic mass is 16.2. The van der Waals surface area contributed by atoms with E-state index in [2.05, 4.69) is 72.0 Å². The average molecular weight is 471 g/mol. The molecule has 1 aromatic carbocycles. The van der Waals surface area contributed by atoms with Gasteiger partial charge in [0.25, 0.3) is 5.91 Å². The smallest absolute Gasteiger partial charge is 0.250 e. The molecular weight excluding hydrogens is 436 g/mol. The number of aryl methyl sites for hydroxylation is 1. The monoisotopic (exact) mass is 470 g/mol. The third-order valence-electron chi connectivity index (χ3n) is 8.36. The summed E-state index contributed by atoms with van der Waals surface area (Å²) in [4.78, 5) is 13.6. The average Bonchev–Trinajstić information content (AvgIpc) is 3.57. The lowest BCUT2D eigenvalue weighted by Crippen LogP contribution is -2.58. The molecule has 7 heteroatoms. The first-order valence-corrected chi connectivity index (χ1v) is 12.9. The Hall–Kier alpha value is -3.22. The SMILES string of the molecule is CC[C@@]1(c2cccc(-c3cc(C4CCCC4)nn3C)c2)C2=CN=NC2NC2=C1C(=O)NC(C)(C)C2. The van der Waals surface area contributed by atoms with Crippen LogP contribution in [0, 0.1) is 0 Å². The first-order valence-electron chi connectivity index (χ1n) is 12.9. The topological polar surface area (TPSA) is 83.7 Å². The number of rotatable bonds is 4. The van der Waals surface area contributed by atoms with E-state index >= 15 is 0 Å². The number of benzene rings is 1. The number of fused-ring (bicyclic) bond motifs is 1. The molecule has 1 aromatic heterocycles. The van der Waals surface area contributed by atoms with Gasteiger partial charge in [0.2, 0.25) is 0 Å². The molecule has 4 heterocycles. The second kappa shape index (κ2) is 7.90. The summed E-state index contributed by atoms with van der Waals surface area (Å²) in [5.74, 6) is 0.561. The molecule has 1 fully saturated rings. The van der Waals surface area contributed by atoms with Gasteiger partial charge in [0.1, 0.15) is 0 Å². The van der Waals surface area contributed by atoms with E-state index in [1.165, 1.54) is 31.4 Å². The van der Waals surface area contributed by atoms with Crippen molar-refractivity contribution in [3.63, 3.8) is 0 Å². The van der Waals surface area contributed by atoms with Gasteiger partial charge in [-0.05, 0) is 50.8 Å². The Kier molecular flexibility index (Phi) is 5.02. The molecule has 1 saturated carbocycles. The number of carbonyl (C=O) groups is 1. The van der Waals surface area contributed by atoms with E-state index in [0.29, 0.717) is 5.92 Å². The maximum atomic E-state index is 13.6. The number of aromatic nitrogens is 2. The molecule has 2 aromatic rings. The fraction of sp³-hybridized carbons (Fsp3) is 0.500. The number of carbonyl (C=O) groups excluding carboxylic acids is 1. The number of hydrogen-bond donors (Lipinski definition) is 2. The molecule has 2 atom stereocenters. The second-order valence-electron chi connectivity index (χ2n) is 11.1. The fourth-order valence-electron chi connectivity index (χ4n) is 6.73. The molecule has 7 nitrogen and oxygen atoms in total. The van der Waals surface area contributed by atoms with Crippen LogP contribution < -0.4 is 10.6 Å². The van der Waals surface area contributed by atoms with Crippen molar-refractivity contribution in [1.29, 1.82) is 0 Å². The summed E-state index contributed by atoms with van der Waals surface area (Å²) in [6, 6.07) is 10.9. The van der Waals surface area contributed by atoms with Gasteiger partial charge in [-0.2, -0.15) is 15.3 Å². The van der Waals surface area contributed by atoms with E-state index in [1.807, 2.05) is 17.9 Å². The first-order chi connectivity index (χ1) is 16.8. The normalized spacial score (nSPS) is 27.4. The third-order valence-corrected chi connectivity index (χ3v) is 8.36. The zero-order valence-electron chi connectivity index (χ0n) is 21.1. The van der Waals surface area contributed by atoms with E-state index in [1.54, 1.807) is 0 Å². The van der Waals surface area contributed by atoms with Crippen molar-refractivity contribution < 1.29 is 4.79 Å². The van der Waals surface area contributed by atoms with Gasteiger partial charge in [0, 0.05) is 41.8 Å². The largest absolute Gasteiger partial charge is 0.362 e. The Bertz CT molecular complexity index is 1290. The van der Waals surface area contributed by atoms with Crippen LogP contribution in [0.15, 0.2) is 63.6 Å². The molecule has 0 spiro atoms. The molecule has 4 aliphatic rings. The highest BCUT2D eigenvalue weighted by molar-refractivity contribution is 6.00. The van der Waals surface area contributed by atoms with Crippen molar-refractivity contribution in [2.75, 3.05) is 0 Å². The molecule has 1 aliphatic carbocycles. The molecule has 3 aliphatic heterocycles. The maximum absolute atomic E-state index is 13.6. The molecule has 182 valence electrons. The highest BCUT2D eigenvalue weighted by Crippen LogP contribution is 2.51. The Morgan fingerprint density at radius 3 is 2.74 bits per heavy atom. The van der Waals surface area contributed by atoms with Gasteiger partial charge in [-0.15, -0.1) is 0 Å². The van der Waals surface area contributed by atoms with Crippen molar-refractivity contribution >= 4 is 5.91 Å². The predicted octanol–water partition coefficient (Wildman–Crippen LogP) is 5.22. The lowest BCUT2D eigenvalue weighted by atomic mass is 9.62. The van der Waals surface area contributed by atoms with Crippen molar-refractivity contribution in [3.8, 4) is 11.3 Å². The number of hydrogen-bond acceptors (Lipinski definition) is 5. The zero-order valence-corrected chi connectivity index (χ0v) is 21.1. The van der Waals surface area contributed by atoms with Crippen molar-refractivity contribution in [2.24, 2.45) is 17.3 Å². The molecule has 1 amide bonds. The molecule has 0 bridgehead atoms. The molecule has 0 radical (unpaired) electrons. The Morgan fingerprint density at radius 1 is 1.17 bits per heavy atom. The van der Waals surface area contributed by atoms with Gasteiger partial charge in [0.15, 0.2) is 6.17 Å². The Morgan fingerprint density at radius 2 is 1.97 bits per heavy atom. The van der Waals surface area contributed by atoms with Crippen LogP contribution in [0.5, 0.6) is 0 Å². The molecule has 2 N–H and O–H groups in total. The summed E-state index contributed by atoms with van der Waals surface area (Å²) in [5.41, 5.74) is 6.48. The highest BCUT2D eigenvalue weighted by Gasteiger charge is 2.53. The standard InChI is InChI=1S/C28H34N6O/c1-5-28(20-16-29-32-25(20)30-22-15-27(2,3)31-26(35)24(22)28)19-12-8-11-18(13-19)23-14-21(33-34(23)4)17-9-6-7-10-17/h8,11-14,16-17,25,30H,5-7,9-10,15H2,1-4H3,(H,31,35)/t25?,28-/m1/s1. The van der Waals surface area contributed by atoms with Crippen LogP contribution in [0.4, 0.5) is 0 Å². The fourth-order valence-corrected chi connectivity index (χ4v) is 6.73. The number of azo groups is 1. The lowest BCUT2D eigenvalue weighted by Gasteiger charge is -2.48. The summed E-state index contributed by atoms with van der Waals surface area (Å²) >= 11 is 0. The van der Waals surface area contributed by atoms with Crippen LogP contribution in [0.2, 0.25) is 0 Å². The van der Waals surface area contributed by atoms with Crippen LogP contribution in [-0.4, -0.2) is 27.4 Å². The van der Waals surface area contributed by atoms with Crippen LogP contribution in [-0.2, 0) is 17.3 Å². The number of nitrogens with one attached hydrogen (secondary N) is 2. The molecule has 1 unspecified atom stereocenters. The third kappa shape index (κ3) is 3.39. The van der Waals surface area contributed by atoms with E-state index in [0.717, 1.165) is 46.5 Å². The van der Waals surface area contributed by atoms with Gasteiger partial charge in [0.05, 0.1) is 28.6 Å². The van der Waals surface area contributed by atoms with Crippen LogP contribution >= 0.6 is 0 Å².